The average Bonchev–Trinajstić information content (AvgIpc) is 3.09. The molecule has 2 aliphatic rings. The normalized spacial score (nSPS) is 21.2. The van der Waals surface area contributed by atoms with Crippen molar-refractivity contribution in [1.29, 1.82) is 0 Å². The molecule has 2 aromatic carbocycles. The van der Waals surface area contributed by atoms with Crippen LogP contribution in [0.25, 0.3) is 0 Å². The molecule has 2 aromatic rings. The maximum atomic E-state index is 14.0. The Balaban J connectivity index is 1.78. The number of hydrogen-bond donors (Lipinski definition) is 3. The van der Waals surface area contributed by atoms with Crippen molar-refractivity contribution in [2.75, 3.05) is 30.0 Å². The van der Waals surface area contributed by atoms with Gasteiger partial charge in [0.25, 0.3) is 5.91 Å². The molecule has 216 valence electrons. The van der Waals surface area contributed by atoms with Crippen LogP contribution in [-0.2, 0) is 30.5 Å². The van der Waals surface area contributed by atoms with Gasteiger partial charge in [0, 0.05) is 12.2 Å². The van der Waals surface area contributed by atoms with E-state index in [1.54, 1.807) is 6.92 Å². The molecular weight excluding hydrogens is 562 g/mol. The van der Waals surface area contributed by atoms with Gasteiger partial charge in [-0.3, -0.25) is 14.1 Å². The molecule has 0 aliphatic carbocycles. The number of carbonyl (C=O) groups excluding carboxylic acids is 1. The molecule has 0 spiro atoms. The molecular formula is C26H32FN4O7PS. The van der Waals surface area contributed by atoms with Crippen molar-refractivity contribution in [3.8, 4) is 5.75 Å². The summed E-state index contributed by atoms with van der Waals surface area (Å²) in [5.74, 6) is -1.50. The van der Waals surface area contributed by atoms with Crippen molar-refractivity contribution < 1.29 is 36.5 Å². The molecule has 4 rings (SSSR count). The minimum absolute atomic E-state index is 0.0132. The first-order chi connectivity index (χ1) is 18.6. The molecule has 11 nitrogen and oxygen atoms in total. The zero-order valence-electron chi connectivity index (χ0n) is 23.0. The largest absolute Gasteiger partial charge is 0.509 e. The van der Waals surface area contributed by atoms with Gasteiger partial charge in [-0.15, -0.1) is 0 Å². The number of nitrogens with zero attached hydrogens (tertiary/aromatic N) is 2. The number of fused-ring (bicyclic) bond motifs is 1. The van der Waals surface area contributed by atoms with Crippen LogP contribution >= 0.6 is 7.52 Å². The number of methoxy groups -OCH3 is 1. The standard InChI is InChI=1S/C26H32FN4O7PS/c1-7-38-39(34)20-13-16(30-40(6,35)36)9-11-18(20)28-24(29-39)21-22(32)23(26(2,3)4)31(25(21)33)14-15-8-10-17(27)19(12-15)37-5/h8-13,23,30,32H,7,14H2,1-6H3,(H,28,29,34). The Morgan fingerprint density at radius 1 is 1.23 bits per heavy atom. The van der Waals surface area contributed by atoms with Crippen molar-refractivity contribution in [2.45, 2.75) is 40.3 Å². The van der Waals surface area contributed by atoms with Gasteiger partial charge in [0.1, 0.15) is 11.3 Å². The highest BCUT2D eigenvalue weighted by Gasteiger charge is 2.48. The van der Waals surface area contributed by atoms with Crippen LogP contribution in [0.3, 0.4) is 0 Å². The number of aliphatic hydroxyl groups excluding tert-OH is 1. The van der Waals surface area contributed by atoms with Crippen LogP contribution < -0.4 is 20.1 Å². The third kappa shape index (κ3) is 5.72. The number of benzene rings is 2. The van der Waals surface area contributed by atoms with E-state index in [2.05, 4.69) is 14.8 Å². The fourth-order valence-electron chi connectivity index (χ4n) is 4.79. The molecule has 0 radical (unpaired) electrons. The number of aliphatic hydroxyl groups is 1. The van der Waals surface area contributed by atoms with Gasteiger partial charge in [-0.1, -0.05) is 26.8 Å². The fourth-order valence-corrected chi connectivity index (χ4v) is 7.15. The van der Waals surface area contributed by atoms with Gasteiger partial charge in [-0.05, 0) is 48.2 Å². The van der Waals surface area contributed by atoms with E-state index >= 15 is 0 Å². The summed E-state index contributed by atoms with van der Waals surface area (Å²) < 4.78 is 68.7. The van der Waals surface area contributed by atoms with E-state index < -0.39 is 40.7 Å². The molecule has 2 aliphatic heterocycles. The summed E-state index contributed by atoms with van der Waals surface area (Å²) in [4.78, 5) is 15.3. The lowest BCUT2D eigenvalue weighted by Gasteiger charge is -2.35. The van der Waals surface area contributed by atoms with Crippen LogP contribution in [-0.4, -0.2) is 56.2 Å². The summed E-state index contributed by atoms with van der Waals surface area (Å²) in [6.07, 6.45) is 0.990. The summed E-state index contributed by atoms with van der Waals surface area (Å²) in [5.41, 5.74) is 0.217. The number of amidine groups is 1. The topological polar surface area (TPSA) is 147 Å². The smallest absolute Gasteiger partial charge is 0.348 e. The predicted octanol–water partition coefficient (Wildman–Crippen LogP) is 4.15. The van der Waals surface area contributed by atoms with E-state index in [4.69, 9.17) is 9.26 Å². The second kappa shape index (κ2) is 10.5. The molecule has 0 saturated carbocycles. The third-order valence-electron chi connectivity index (χ3n) is 6.32. The number of nitrogens with one attached hydrogen (secondary N) is 2. The molecule has 40 heavy (non-hydrogen) atoms. The highest BCUT2D eigenvalue weighted by molar-refractivity contribution is 7.92. The Kier molecular flexibility index (Phi) is 7.78. The predicted molar refractivity (Wildman–Crippen MR) is 151 cm³/mol. The molecule has 14 heteroatoms. The summed E-state index contributed by atoms with van der Waals surface area (Å²) in [6, 6.07) is 7.77. The Morgan fingerprint density at radius 2 is 1.93 bits per heavy atom. The van der Waals surface area contributed by atoms with Crippen molar-refractivity contribution in [3.05, 3.63) is 59.1 Å². The quantitative estimate of drug-likeness (QED) is 0.387. The van der Waals surface area contributed by atoms with Crippen LogP contribution in [0.5, 0.6) is 5.75 Å². The van der Waals surface area contributed by atoms with E-state index in [0.29, 0.717) is 5.56 Å². The lowest BCUT2D eigenvalue weighted by molar-refractivity contribution is -0.129. The SMILES string of the molecule is CCOP1(=O)N=C(C2=C(O)C(C(C)(C)C)N(Cc3ccc(F)c(OC)c3)C2=O)Nc2ccc(NS(C)(=O)=O)cc21. The number of hydrogen-bond acceptors (Lipinski definition) is 8. The molecule has 0 aromatic heterocycles. The molecule has 2 heterocycles. The summed E-state index contributed by atoms with van der Waals surface area (Å²) in [7, 11) is -6.27. The molecule has 2 unspecified atom stereocenters. The highest BCUT2D eigenvalue weighted by atomic mass is 32.2. The molecule has 0 fully saturated rings. The van der Waals surface area contributed by atoms with Crippen LogP contribution in [0.15, 0.2) is 52.5 Å². The lowest BCUT2D eigenvalue weighted by atomic mass is 9.85. The van der Waals surface area contributed by atoms with Gasteiger partial charge in [0.2, 0.25) is 10.0 Å². The van der Waals surface area contributed by atoms with Crippen molar-refractivity contribution in [3.63, 3.8) is 0 Å². The Hall–Kier alpha value is -3.41. The molecule has 1 amide bonds. The lowest BCUT2D eigenvalue weighted by Crippen LogP contribution is -2.43. The summed E-state index contributed by atoms with van der Waals surface area (Å²) >= 11 is 0. The second-order valence-electron chi connectivity index (χ2n) is 10.5. The number of amides is 1. The first-order valence-corrected chi connectivity index (χ1v) is 15.9. The zero-order valence-corrected chi connectivity index (χ0v) is 24.7. The Labute approximate surface area is 232 Å². The van der Waals surface area contributed by atoms with Gasteiger partial charge in [-0.2, -0.15) is 4.76 Å². The van der Waals surface area contributed by atoms with E-state index in [9.17, 15) is 27.3 Å². The average molecular weight is 595 g/mol. The first kappa shape index (κ1) is 29.6. The number of sulfonamides is 1. The minimum atomic E-state index is -4.00. The number of rotatable bonds is 8. The molecule has 0 bridgehead atoms. The summed E-state index contributed by atoms with van der Waals surface area (Å²) in [6.45, 7) is 7.23. The van der Waals surface area contributed by atoms with Crippen LogP contribution in [0.1, 0.15) is 33.3 Å². The van der Waals surface area contributed by atoms with Gasteiger partial charge in [-0.25, -0.2) is 12.8 Å². The maximum Gasteiger partial charge on any atom is 0.348 e. The van der Waals surface area contributed by atoms with Crippen molar-refractivity contribution in [2.24, 2.45) is 10.2 Å². The minimum Gasteiger partial charge on any atom is -0.509 e. The first-order valence-electron chi connectivity index (χ1n) is 12.4. The van der Waals surface area contributed by atoms with Gasteiger partial charge in [0.15, 0.2) is 17.4 Å². The van der Waals surface area contributed by atoms with Gasteiger partial charge >= 0.3 is 7.52 Å². The van der Waals surface area contributed by atoms with E-state index in [1.165, 1.54) is 48.4 Å². The van der Waals surface area contributed by atoms with Gasteiger partial charge in [0.05, 0.1) is 37.0 Å². The molecule has 0 saturated heterocycles. The number of ether oxygens (including phenoxy) is 1. The monoisotopic (exact) mass is 594 g/mol. The van der Waals surface area contributed by atoms with Crippen LogP contribution in [0.4, 0.5) is 15.8 Å². The molecule has 3 N–H and O–H groups in total. The third-order valence-corrected chi connectivity index (χ3v) is 8.98. The number of anilines is 2. The van der Waals surface area contributed by atoms with E-state index in [1.807, 2.05) is 20.8 Å². The second-order valence-corrected chi connectivity index (χ2v) is 14.3. The molecule has 2 atom stereocenters. The number of halogens is 1. The maximum absolute atomic E-state index is 14.0. The van der Waals surface area contributed by atoms with E-state index in [0.717, 1.165) is 6.26 Å². The Bertz CT molecular complexity index is 1580. The van der Waals surface area contributed by atoms with Gasteiger partial charge < -0.3 is 24.6 Å². The number of carbonyl (C=O) groups is 1. The van der Waals surface area contributed by atoms with Crippen molar-refractivity contribution >= 4 is 46.0 Å². The zero-order chi connectivity index (χ0) is 29.6. The Morgan fingerprint density at radius 3 is 2.52 bits per heavy atom. The summed E-state index contributed by atoms with van der Waals surface area (Å²) in [5, 5.41) is 14.5. The van der Waals surface area contributed by atoms with Crippen LogP contribution in [0.2, 0.25) is 0 Å². The highest BCUT2D eigenvalue weighted by Crippen LogP contribution is 2.53. The van der Waals surface area contributed by atoms with E-state index in [-0.39, 0.29) is 52.7 Å². The fraction of sp³-hybridized carbons (Fsp3) is 0.385. The van der Waals surface area contributed by atoms with Crippen molar-refractivity contribution in [1.82, 2.24) is 4.90 Å². The van der Waals surface area contributed by atoms with Crippen LogP contribution in [0, 0.1) is 11.2 Å².